The van der Waals surface area contributed by atoms with Crippen molar-refractivity contribution in [2.24, 2.45) is 5.16 Å². The number of thiazole rings is 1. The Labute approximate surface area is 103 Å². The number of alkyl halides is 1. The van der Waals surface area contributed by atoms with Crippen LogP contribution in [0.15, 0.2) is 5.16 Å². The molecule has 0 aliphatic carbocycles. The zero-order chi connectivity index (χ0) is 12.8. The quantitative estimate of drug-likeness (QED) is 0.462. The minimum absolute atomic E-state index is 0.0158. The summed E-state index contributed by atoms with van der Waals surface area (Å²) >= 11 is 6.54. The summed E-state index contributed by atoms with van der Waals surface area (Å²) in [5.74, 6) is -1.48. The smallest absolute Gasteiger partial charge is 0.360 e. The Morgan fingerprint density at radius 2 is 2.47 bits per heavy atom. The first-order valence-electron chi connectivity index (χ1n) is 3.96. The van der Waals surface area contributed by atoms with Gasteiger partial charge in [0.25, 0.3) is 6.86 Å². The van der Waals surface area contributed by atoms with Gasteiger partial charge in [0, 0.05) is 0 Å². The van der Waals surface area contributed by atoms with E-state index in [2.05, 4.69) is 20.3 Å². The van der Waals surface area contributed by atoms with Gasteiger partial charge in [0.05, 0.1) is 0 Å². The first-order chi connectivity index (χ1) is 8.10. The summed E-state index contributed by atoms with van der Waals surface area (Å²) in [5.41, 5.74) is -0.857. The number of aromatic nitrogens is 1. The van der Waals surface area contributed by atoms with E-state index in [4.69, 9.17) is 16.7 Å². The highest BCUT2D eigenvalue weighted by atomic mass is 35.5. The van der Waals surface area contributed by atoms with E-state index in [1.165, 1.54) is 0 Å². The molecule has 10 heteroatoms. The van der Waals surface area contributed by atoms with Crippen LogP contribution in [0.4, 0.5) is 9.52 Å². The largest absolute Gasteiger partial charge is 0.476 e. The average molecular weight is 282 g/mol. The highest BCUT2D eigenvalue weighted by Gasteiger charge is 2.22. The summed E-state index contributed by atoms with van der Waals surface area (Å²) in [7, 11) is 0. The third kappa shape index (κ3) is 3.36. The van der Waals surface area contributed by atoms with Gasteiger partial charge in [0.15, 0.2) is 5.13 Å². The SMILES string of the molecule is O=CNc1nc(C(=NOCF)C(=O)O)c(Cl)s1. The van der Waals surface area contributed by atoms with Gasteiger partial charge in [-0.15, -0.1) is 0 Å². The fraction of sp³-hybridized carbons (Fsp3) is 0.143. The molecular weight excluding hydrogens is 277 g/mol. The molecule has 1 amide bonds. The van der Waals surface area contributed by atoms with E-state index in [-0.39, 0.29) is 15.2 Å². The zero-order valence-electron chi connectivity index (χ0n) is 8.02. The maximum absolute atomic E-state index is 11.7. The van der Waals surface area contributed by atoms with Crippen LogP contribution in [0.1, 0.15) is 5.69 Å². The minimum atomic E-state index is -1.48. The number of carbonyl (C=O) groups is 2. The Kier molecular flexibility index (Phi) is 4.79. The maximum atomic E-state index is 11.7. The summed E-state index contributed by atoms with van der Waals surface area (Å²) in [5, 5.41) is 14.1. The normalized spacial score (nSPS) is 11.1. The van der Waals surface area contributed by atoms with Gasteiger partial charge in [-0.1, -0.05) is 28.1 Å². The van der Waals surface area contributed by atoms with Crippen molar-refractivity contribution in [3.63, 3.8) is 0 Å². The number of halogens is 2. The van der Waals surface area contributed by atoms with E-state index in [0.29, 0.717) is 6.41 Å². The van der Waals surface area contributed by atoms with Crippen LogP contribution in [0, 0.1) is 0 Å². The van der Waals surface area contributed by atoms with Crippen LogP contribution in [0.2, 0.25) is 4.34 Å². The molecule has 0 aliphatic rings. The van der Waals surface area contributed by atoms with E-state index >= 15 is 0 Å². The second kappa shape index (κ2) is 6.11. The lowest BCUT2D eigenvalue weighted by Crippen LogP contribution is -2.16. The third-order valence-corrected chi connectivity index (χ3v) is 2.59. The molecule has 92 valence electrons. The standard InChI is InChI=1S/C7H5ClFN3O4S/c8-5-3(11-7(17-5)10-2-13)4(6(14)15)12-16-1-9/h2H,1H2,(H,14,15)(H,10,11,13). The van der Waals surface area contributed by atoms with E-state index in [1.54, 1.807) is 0 Å². The van der Waals surface area contributed by atoms with Crippen LogP contribution in [0.5, 0.6) is 0 Å². The lowest BCUT2D eigenvalue weighted by molar-refractivity contribution is -0.129. The van der Waals surface area contributed by atoms with E-state index in [9.17, 15) is 14.0 Å². The molecular formula is C7H5ClFN3O4S. The van der Waals surface area contributed by atoms with Gasteiger partial charge in [-0.05, 0) is 0 Å². The molecule has 0 radical (unpaired) electrons. The van der Waals surface area contributed by atoms with Crippen molar-refractivity contribution in [2.45, 2.75) is 0 Å². The van der Waals surface area contributed by atoms with Crippen LogP contribution in [-0.2, 0) is 14.4 Å². The zero-order valence-corrected chi connectivity index (χ0v) is 9.59. The van der Waals surface area contributed by atoms with Gasteiger partial charge in [-0.2, -0.15) is 0 Å². The van der Waals surface area contributed by atoms with E-state index in [1.807, 2.05) is 0 Å². The van der Waals surface area contributed by atoms with E-state index in [0.717, 1.165) is 11.3 Å². The molecule has 0 aliphatic heterocycles. The second-order valence-electron chi connectivity index (χ2n) is 2.39. The molecule has 1 heterocycles. The van der Waals surface area contributed by atoms with Crippen LogP contribution < -0.4 is 5.32 Å². The summed E-state index contributed by atoms with van der Waals surface area (Å²) in [6.45, 7) is -1.28. The number of carbonyl (C=O) groups excluding carboxylic acids is 1. The molecule has 0 saturated heterocycles. The predicted molar refractivity (Wildman–Crippen MR) is 58.0 cm³/mol. The third-order valence-electron chi connectivity index (χ3n) is 1.40. The molecule has 1 aromatic heterocycles. The van der Waals surface area contributed by atoms with Crippen molar-refractivity contribution >= 4 is 46.2 Å². The molecule has 1 rings (SSSR count). The molecule has 2 N–H and O–H groups in total. The Morgan fingerprint density at radius 3 is 3.00 bits per heavy atom. The second-order valence-corrected chi connectivity index (χ2v) is 3.99. The highest BCUT2D eigenvalue weighted by molar-refractivity contribution is 7.20. The molecule has 0 unspecified atom stereocenters. The first-order valence-corrected chi connectivity index (χ1v) is 5.15. The van der Waals surface area contributed by atoms with Gasteiger partial charge < -0.3 is 15.3 Å². The van der Waals surface area contributed by atoms with Gasteiger partial charge in [-0.3, -0.25) is 4.79 Å². The number of anilines is 1. The molecule has 0 saturated carbocycles. The number of amides is 1. The van der Waals surface area contributed by atoms with Crippen LogP contribution in [0.3, 0.4) is 0 Å². The molecule has 0 fully saturated rings. The number of rotatable bonds is 6. The van der Waals surface area contributed by atoms with Crippen molar-refractivity contribution < 1.29 is 23.9 Å². The van der Waals surface area contributed by atoms with Gasteiger partial charge in [-0.25, -0.2) is 14.2 Å². The summed E-state index contributed by atoms with van der Waals surface area (Å²) in [6.07, 6.45) is 0.356. The predicted octanol–water partition coefficient (Wildman–Crippen LogP) is 1.10. The number of nitrogens with one attached hydrogen (secondary N) is 1. The number of carboxylic acids is 1. The maximum Gasteiger partial charge on any atom is 0.360 e. The Morgan fingerprint density at radius 1 is 1.76 bits per heavy atom. The summed E-state index contributed by atoms with van der Waals surface area (Å²) in [4.78, 5) is 28.7. The Balaban J connectivity index is 3.09. The van der Waals surface area contributed by atoms with Crippen molar-refractivity contribution in [2.75, 3.05) is 12.2 Å². The molecule has 17 heavy (non-hydrogen) atoms. The fourth-order valence-corrected chi connectivity index (χ4v) is 1.84. The number of hydrogen-bond acceptors (Lipinski definition) is 6. The van der Waals surface area contributed by atoms with Crippen LogP contribution in [0.25, 0.3) is 0 Å². The fourth-order valence-electron chi connectivity index (χ4n) is 0.832. The lowest BCUT2D eigenvalue weighted by atomic mass is 10.3. The van der Waals surface area contributed by atoms with Gasteiger partial charge in [0.1, 0.15) is 10.0 Å². The monoisotopic (exact) mass is 281 g/mol. The minimum Gasteiger partial charge on any atom is -0.476 e. The number of carboxylic acid groups (broad SMARTS) is 1. The number of nitrogens with zero attached hydrogens (tertiary/aromatic N) is 2. The van der Waals surface area contributed by atoms with Gasteiger partial charge in [0.2, 0.25) is 12.1 Å². The van der Waals surface area contributed by atoms with Crippen LogP contribution in [-0.4, -0.2) is 35.0 Å². The molecule has 0 bridgehead atoms. The Bertz CT molecular complexity index is 464. The van der Waals surface area contributed by atoms with Crippen molar-refractivity contribution in [3.8, 4) is 0 Å². The molecule has 0 spiro atoms. The van der Waals surface area contributed by atoms with Crippen molar-refractivity contribution in [1.82, 2.24) is 4.98 Å². The highest BCUT2D eigenvalue weighted by Crippen LogP contribution is 2.28. The van der Waals surface area contributed by atoms with E-state index < -0.39 is 18.5 Å². The van der Waals surface area contributed by atoms with Crippen molar-refractivity contribution in [3.05, 3.63) is 10.0 Å². The lowest BCUT2D eigenvalue weighted by Gasteiger charge is -1.97. The molecule has 0 atom stereocenters. The molecule has 1 aromatic rings. The Hall–Kier alpha value is -1.74. The van der Waals surface area contributed by atoms with Crippen molar-refractivity contribution in [1.29, 1.82) is 0 Å². The first kappa shape index (κ1) is 13.3. The average Bonchev–Trinajstić information content (AvgIpc) is 2.61. The topological polar surface area (TPSA) is 101 Å². The number of hydrogen-bond donors (Lipinski definition) is 2. The summed E-state index contributed by atoms with van der Waals surface area (Å²) in [6, 6.07) is 0. The molecule has 0 aromatic carbocycles. The molecule has 7 nitrogen and oxygen atoms in total. The number of oxime groups is 1. The number of aliphatic carboxylic acids is 1. The van der Waals surface area contributed by atoms with Crippen LogP contribution >= 0.6 is 22.9 Å². The summed E-state index contributed by atoms with van der Waals surface area (Å²) < 4.78 is 11.7. The van der Waals surface area contributed by atoms with Gasteiger partial charge >= 0.3 is 5.97 Å².